The van der Waals surface area contributed by atoms with Gasteiger partial charge in [0.05, 0.1) is 10.5 Å². The maximum atomic E-state index is 13.2. The van der Waals surface area contributed by atoms with Crippen LogP contribution >= 0.6 is 11.6 Å². The summed E-state index contributed by atoms with van der Waals surface area (Å²) in [4.78, 5) is 11.8. The van der Waals surface area contributed by atoms with Gasteiger partial charge in [0.1, 0.15) is 0 Å². The first-order valence-corrected chi connectivity index (χ1v) is 11.1. The van der Waals surface area contributed by atoms with Crippen molar-refractivity contribution in [1.29, 1.82) is 0 Å². The minimum atomic E-state index is -4.78. The van der Waals surface area contributed by atoms with E-state index in [2.05, 4.69) is 5.32 Å². The molecule has 10 heteroatoms. The van der Waals surface area contributed by atoms with Crippen molar-refractivity contribution in [2.45, 2.75) is 30.8 Å². The molecule has 162 valence electrons. The second-order valence-corrected chi connectivity index (χ2v) is 9.46. The molecule has 1 heterocycles. The van der Waals surface area contributed by atoms with Gasteiger partial charge in [0, 0.05) is 29.7 Å². The summed E-state index contributed by atoms with van der Waals surface area (Å²) in [5, 5.41) is 3.27. The van der Waals surface area contributed by atoms with Crippen molar-refractivity contribution in [3.63, 3.8) is 0 Å². The number of halogens is 4. The van der Waals surface area contributed by atoms with Gasteiger partial charge in [-0.15, -0.1) is 0 Å². The number of alkyl halides is 3. The predicted molar refractivity (Wildman–Crippen MR) is 108 cm³/mol. The summed E-state index contributed by atoms with van der Waals surface area (Å²) < 4.78 is 66.3. The molecule has 30 heavy (non-hydrogen) atoms. The lowest BCUT2D eigenvalue weighted by atomic mass is 9.97. The number of carbonyl (C=O) groups is 1. The quantitative estimate of drug-likeness (QED) is 0.718. The zero-order chi connectivity index (χ0) is 22.1. The second-order valence-electron chi connectivity index (χ2n) is 7.12. The highest BCUT2D eigenvalue weighted by atomic mass is 35.5. The summed E-state index contributed by atoms with van der Waals surface area (Å²) in [7, 11) is -4.33. The molecule has 1 saturated heterocycles. The van der Waals surface area contributed by atoms with E-state index in [0.717, 1.165) is 28.1 Å². The average molecular weight is 461 g/mol. The summed E-state index contributed by atoms with van der Waals surface area (Å²) in [5.74, 6) is -0.721. The van der Waals surface area contributed by atoms with Crippen molar-refractivity contribution in [1.82, 2.24) is 4.31 Å². The third kappa shape index (κ3) is 4.79. The maximum absolute atomic E-state index is 13.2. The molecule has 0 spiro atoms. The van der Waals surface area contributed by atoms with Crippen LogP contribution in [0.15, 0.2) is 47.4 Å². The Morgan fingerprint density at radius 3 is 2.40 bits per heavy atom. The molecule has 0 aromatic heterocycles. The fourth-order valence-corrected chi connectivity index (χ4v) is 5.24. The summed E-state index contributed by atoms with van der Waals surface area (Å²) in [5.41, 5.74) is 0.208. The Morgan fingerprint density at radius 2 is 1.77 bits per heavy atom. The molecule has 0 unspecified atom stereocenters. The summed E-state index contributed by atoms with van der Waals surface area (Å²) in [6, 6.07) is 9.22. The van der Waals surface area contributed by atoms with E-state index in [1.54, 1.807) is 18.2 Å². The Hall–Kier alpha value is -2.10. The molecule has 0 saturated carbocycles. The topological polar surface area (TPSA) is 66.5 Å². The number of anilines is 1. The van der Waals surface area contributed by atoms with Gasteiger partial charge in [-0.2, -0.15) is 17.5 Å². The Morgan fingerprint density at radius 1 is 1.13 bits per heavy atom. The van der Waals surface area contributed by atoms with E-state index in [0.29, 0.717) is 10.7 Å². The largest absolute Gasteiger partial charge is 0.417 e. The Bertz CT molecular complexity index is 1050. The summed E-state index contributed by atoms with van der Waals surface area (Å²) in [6.07, 6.45) is -4.37. The van der Waals surface area contributed by atoms with E-state index in [4.69, 9.17) is 11.6 Å². The van der Waals surface area contributed by atoms with Crippen LogP contribution in [0, 0.1) is 12.8 Å². The Balaban J connectivity index is 1.71. The van der Waals surface area contributed by atoms with E-state index in [9.17, 15) is 26.4 Å². The minimum Gasteiger partial charge on any atom is -0.326 e. The van der Waals surface area contributed by atoms with Crippen molar-refractivity contribution in [2.24, 2.45) is 5.92 Å². The lowest BCUT2D eigenvalue weighted by Gasteiger charge is -2.31. The van der Waals surface area contributed by atoms with E-state index < -0.39 is 32.6 Å². The molecule has 0 radical (unpaired) electrons. The number of amides is 1. The number of hydrogen-bond donors (Lipinski definition) is 1. The van der Waals surface area contributed by atoms with Gasteiger partial charge in [0.25, 0.3) is 0 Å². The third-order valence-electron chi connectivity index (χ3n) is 5.09. The highest BCUT2D eigenvalue weighted by Crippen LogP contribution is 2.36. The smallest absolute Gasteiger partial charge is 0.326 e. The Labute approximate surface area is 177 Å². The SMILES string of the molecule is Cc1ccc(Cl)cc1NC(=O)C1CCN(S(=O)(=O)c2ccccc2C(F)(F)F)CC1. The fraction of sp³-hybridized carbons (Fsp3) is 0.350. The summed E-state index contributed by atoms with van der Waals surface area (Å²) >= 11 is 5.95. The molecule has 1 aliphatic heterocycles. The molecule has 0 atom stereocenters. The zero-order valence-electron chi connectivity index (χ0n) is 16.0. The molecule has 0 bridgehead atoms. The molecule has 5 nitrogen and oxygen atoms in total. The van der Waals surface area contributed by atoms with Crippen LogP contribution in [0.4, 0.5) is 18.9 Å². The molecule has 2 aromatic carbocycles. The maximum Gasteiger partial charge on any atom is 0.417 e. The number of aryl methyl sites for hydroxylation is 1. The minimum absolute atomic E-state index is 0.0405. The van der Waals surface area contributed by atoms with E-state index in [1.165, 1.54) is 6.07 Å². The number of sulfonamides is 1. The van der Waals surface area contributed by atoms with Gasteiger partial charge in [-0.25, -0.2) is 8.42 Å². The molecular weight excluding hydrogens is 441 g/mol. The molecule has 1 N–H and O–H groups in total. The van der Waals surface area contributed by atoms with E-state index in [-0.39, 0.29) is 31.8 Å². The highest BCUT2D eigenvalue weighted by molar-refractivity contribution is 7.89. The molecule has 1 amide bonds. The lowest BCUT2D eigenvalue weighted by molar-refractivity contribution is -0.139. The molecule has 3 rings (SSSR count). The molecular formula is C20H20ClF3N2O3S. The number of carbonyl (C=O) groups excluding carboxylic acids is 1. The van der Waals surface area contributed by atoms with E-state index in [1.807, 2.05) is 6.92 Å². The number of nitrogens with one attached hydrogen (secondary N) is 1. The second kappa shape index (κ2) is 8.56. The number of rotatable bonds is 4. The van der Waals surface area contributed by atoms with Crippen LogP contribution in [0.5, 0.6) is 0 Å². The fourth-order valence-electron chi connectivity index (χ4n) is 3.39. The number of nitrogens with zero attached hydrogens (tertiary/aromatic N) is 1. The van der Waals surface area contributed by atoms with Crippen molar-refractivity contribution in [2.75, 3.05) is 18.4 Å². The van der Waals surface area contributed by atoms with Crippen molar-refractivity contribution in [3.05, 3.63) is 58.6 Å². The number of hydrogen-bond acceptors (Lipinski definition) is 3. The Kier molecular flexibility index (Phi) is 6.45. The van der Waals surface area contributed by atoms with Gasteiger partial charge in [0.2, 0.25) is 15.9 Å². The van der Waals surface area contributed by atoms with Crippen LogP contribution in [0.3, 0.4) is 0 Å². The third-order valence-corrected chi connectivity index (χ3v) is 7.28. The van der Waals surface area contributed by atoms with Gasteiger partial charge in [0.15, 0.2) is 0 Å². The lowest BCUT2D eigenvalue weighted by Crippen LogP contribution is -2.42. The first-order valence-electron chi connectivity index (χ1n) is 9.23. The zero-order valence-corrected chi connectivity index (χ0v) is 17.6. The predicted octanol–water partition coefficient (Wildman–Crippen LogP) is 4.71. The molecule has 2 aromatic rings. The standard InChI is InChI=1S/C20H20ClF3N2O3S/c1-13-6-7-15(21)12-17(13)25-19(27)14-8-10-26(11-9-14)30(28,29)18-5-3-2-4-16(18)20(22,23)24/h2-7,12,14H,8-11H2,1H3,(H,25,27). The summed E-state index contributed by atoms with van der Waals surface area (Å²) in [6.45, 7) is 1.74. The van der Waals surface area contributed by atoms with Gasteiger partial charge in [-0.05, 0) is 49.6 Å². The van der Waals surface area contributed by atoms with Crippen LogP contribution in [0.2, 0.25) is 5.02 Å². The number of piperidine rings is 1. The molecule has 1 aliphatic rings. The van der Waals surface area contributed by atoms with Crippen LogP contribution in [-0.4, -0.2) is 31.7 Å². The monoisotopic (exact) mass is 460 g/mol. The first-order chi connectivity index (χ1) is 14.0. The highest BCUT2D eigenvalue weighted by Gasteiger charge is 2.40. The van der Waals surface area contributed by atoms with Crippen LogP contribution in [0.1, 0.15) is 24.0 Å². The van der Waals surface area contributed by atoms with Crippen LogP contribution in [-0.2, 0) is 21.0 Å². The van der Waals surface area contributed by atoms with Gasteiger partial charge in [-0.1, -0.05) is 29.8 Å². The van der Waals surface area contributed by atoms with Crippen molar-refractivity contribution >= 4 is 33.2 Å². The normalized spacial score (nSPS) is 16.4. The van der Waals surface area contributed by atoms with Gasteiger partial charge >= 0.3 is 6.18 Å². The van der Waals surface area contributed by atoms with E-state index >= 15 is 0 Å². The first kappa shape index (κ1) is 22.6. The van der Waals surface area contributed by atoms with Gasteiger partial charge in [-0.3, -0.25) is 4.79 Å². The van der Waals surface area contributed by atoms with Gasteiger partial charge < -0.3 is 5.32 Å². The molecule has 0 aliphatic carbocycles. The van der Waals surface area contributed by atoms with Crippen molar-refractivity contribution in [3.8, 4) is 0 Å². The average Bonchev–Trinajstić information content (AvgIpc) is 2.70. The van der Waals surface area contributed by atoms with Crippen molar-refractivity contribution < 1.29 is 26.4 Å². The van der Waals surface area contributed by atoms with Crippen LogP contribution < -0.4 is 5.32 Å². The molecule has 1 fully saturated rings. The number of benzene rings is 2. The van der Waals surface area contributed by atoms with Crippen LogP contribution in [0.25, 0.3) is 0 Å².